The van der Waals surface area contributed by atoms with Gasteiger partial charge in [0.1, 0.15) is 0 Å². The normalized spacial score (nSPS) is 17.3. The highest BCUT2D eigenvalue weighted by molar-refractivity contribution is 5.94. The minimum atomic E-state index is -0.222. The zero-order chi connectivity index (χ0) is 15.8. The fourth-order valence-electron chi connectivity index (χ4n) is 2.20. The highest BCUT2D eigenvalue weighted by Crippen LogP contribution is 2.17. The summed E-state index contributed by atoms with van der Waals surface area (Å²) in [7, 11) is 0. The van der Waals surface area contributed by atoms with Crippen LogP contribution in [0.2, 0.25) is 0 Å². The van der Waals surface area contributed by atoms with Gasteiger partial charge in [-0.15, -0.1) is 0 Å². The number of rotatable bonds is 2. The molecule has 1 atom stereocenters. The molecule has 0 N–H and O–H groups in total. The fourth-order valence-corrected chi connectivity index (χ4v) is 2.20. The minimum absolute atomic E-state index is 0.0326. The summed E-state index contributed by atoms with van der Waals surface area (Å²) in [6.07, 6.45) is 2.60. The first kappa shape index (κ1) is 17.1. The molecule has 0 aliphatic carbocycles. The summed E-state index contributed by atoms with van der Waals surface area (Å²) < 4.78 is 0. The van der Waals surface area contributed by atoms with E-state index in [1.54, 1.807) is 11.1 Å². The number of nitrogens with zero attached hydrogens (tertiary/aromatic N) is 4. The number of carbonyl (C=O) groups is 1. The molecular formula is C16H24N4O. The van der Waals surface area contributed by atoms with Crippen LogP contribution in [0.3, 0.4) is 0 Å². The van der Waals surface area contributed by atoms with Crippen molar-refractivity contribution >= 4 is 11.6 Å². The van der Waals surface area contributed by atoms with Crippen LogP contribution in [0.5, 0.6) is 0 Å². The van der Waals surface area contributed by atoms with Gasteiger partial charge in [0.05, 0.1) is 30.5 Å². The third-order valence-corrected chi connectivity index (χ3v) is 3.41. The molecule has 0 aromatic carbocycles. The zero-order valence-electron chi connectivity index (χ0n) is 13.3. The van der Waals surface area contributed by atoms with Crippen LogP contribution in [0.1, 0.15) is 32.9 Å². The van der Waals surface area contributed by atoms with Gasteiger partial charge in [0.25, 0.3) is 0 Å². The molecule has 0 spiro atoms. The highest BCUT2D eigenvalue weighted by atomic mass is 16.2. The summed E-state index contributed by atoms with van der Waals surface area (Å²) in [5.74, 6) is 0.0326. The molecule has 1 fully saturated rings. The number of nitriles is 1. The largest absolute Gasteiger partial charge is 0.310 e. The third kappa shape index (κ3) is 4.54. The van der Waals surface area contributed by atoms with Gasteiger partial charge in [0.2, 0.25) is 5.91 Å². The molecule has 1 amide bonds. The molecule has 1 aromatic rings. The van der Waals surface area contributed by atoms with Crippen LogP contribution in [0, 0.1) is 18.3 Å². The second kappa shape index (κ2) is 8.38. The molecule has 1 aromatic heterocycles. The van der Waals surface area contributed by atoms with Crippen molar-refractivity contribution < 1.29 is 4.79 Å². The molecule has 5 nitrogen and oxygen atoms in total. The first-order valence-corrected chi connectivity index (χ1v) is 7.48. The Morgan fingerprint density at radius 1 is 1.33 bits per heavy atom. The molecule has 0 radical (unpaired) electrons. The number of carbonyl (C=O) groups excluding carboxylic acids is 1. The number of hydrogen-bond acceptors (Lipinski definition) is 4. The number of pyridine rings is 1. The van der Waals surface area contributed by atoms with Crippen molar-refractivity contribution in [1.29, 1.82) is 5.26 Å². The van der Waals surface area contributed by atoms with E-state index in [0.29, 0.717) is 13.1 Å². The van der Waals surface area contributed by atoms with E-state index in [1.165, 1.54) is 0 Å². The quantitative estimate of drug-likeness (QED) is 0.838. The summed E-state index contributed by atoms with van der Waals surface area (Å²) in [6.45, 7) is 9.50. The smallest absolute Gasteiger partial charge is 0.241 e. The van der Waals surface area contributed by atoms with E-state index < -0.39 is 0 Å². The van der Waals surface area contributed by atoms with E-state index in [0.717, 1.165) is 24.3 Å². The number of hydrogen-bond donors (Lipinski definition) is 0. The van der Waals surface area contributed by atoms with Crippen molar-refractivity contribution in [2.75, 3.05) is 24.5 Å². The molecule has 0 saturated carbocycles. The number of anilines is 1. The van der Waals surface area contributed by atoms with Gasteiger partial charge in [0.15, 0.2) is 0 Å². The lowest BCUT2D eigenvalue weighted by molar-refractivity contribution is -0.119. The molecule has 1 saturated heterocycles. The van der Waals surface area contributed by atoms with Crippen molar-refractivity contribution in [2.45, 2.75) is 40.2 Å². The molecule has 114 valence electrons. The number of amides is 1. The summed E-state index contributed by atoms with van der Waals surface area (Å²) in [5.41, 5.74) is 1.77. The minimum Gasteiger partial charge on any atom is -0.310 e. The van der Waals surface area contributed by atoms with Crippen LogP contribution in [0.4, 0.5) is 5.69 Å². The van der Waals surface area contributed by atoms with E-state index in [2.05, 4.69) is 11.1 Å². The fraction of sp³-hybridized carbons (Fsp3) is 0.562. The predicted molar refractivity (Wildman–Crippen MR) is 83.9 cm³/mol. The van der Waals surface area contributed by atoms with Gasteiger partial charge < -0.3 is 4.90 Å². The average molecular weight is 288 g/mol. The van der Waals surface area contributed by atoms with E-state index in [4.69, 9.17) is 5.26 Å². The topological polar surface area (TPSA) is 60.2 Å². The number of aryl methyl sites for hydroxylation is 1. The maximum atomic E-state index is 12.3. The summed E-state index contributed by atoms with van der Waals surface area (Å²) in [6, 6.07) is 5.79. The Morgan fingerprint density at radius 3 is 2.62 bits per heavy atom. The third-order valence-electron chi connectivity index (χ3n) is 3.41. The van der Waals surface area contributed by atoms with Crippen LogP contribution in [-0.4, -0.2) is 41.5 Å². The van der Waals surface area contributed by atoms with Crippen LogP contribution < -0.4 is 4.90 Å². The Hall–Kier alpha value is -1.93. The lowest BCUT2D eigenvalue weighted by atomic mass is 10.3. The molecule has 1 aliphatic rings. The Kier molecular flexibility index (Phi) is 6.83. The summed E-state index contributed by atoms with van der Waals surface area (Å²) in [4.78, 5) is 20.2. The van der Waals surface area contributed by atoms with E-state index >= 15 is 0 Å². The van der Waals surface area contributed by atoms with Gasteiger partial charge >= 0.3 is 0 Å². The molecule has 1 aliphatic heterocycles. The van der Waals surface area contributed by atoms with Gasteiger partial charge in [-0.25, -0.2) is 0 Å². The maximum absolute atomic E-state index is 12.3. The zero-order valence-corrected chi connectivity index (χ0v) is 13.3. The van der Waals surface area contributed by atoms with E-state index in [9.17, 15) is 4.79 Å². The summed E-state index contributed by atoms with van der Waals surface area (Å²) >= 11 is 0. The van der Waals surface area contributed by atoms with Crippen molar-refractivity contribution in [3.05, 3.63) is 24.0 Å². The van der Waals surface area contributed by atoms with Gasteiger partial charge in [-0.1, -0.05) is 13.8 Å². The molecule has 21 heavy (non-hydrogen) atoms. The van der Waals surface area contributed by atoms with Gasteiger partial charge in [-0.3, -0.25) is 14.7 Å². The lowest BCUT2D eigenvalue weighted by Crippen LogP contribution is -2.40. The first-order valence-electron chi connectivity index (χ1n) is 7.48. The molecule has 2 rings (SSSR count). The van der Waals surface area contributed by atoms with Crippen LogP contribution in [0.15, 0.2) is 18.3 Å². The predicted octanol–water partition coefficient (Wildman–Crippen LogP) is 2.37. The van der Waals surface area contributed by atoms with Crippen molar-refractivity contribution in [2.24, 2.45) is 0 Å². The van der Waals surface area contributed by atoms with Crippen molar-refractivity contribution in [1.82, 2.24) is 9.88 Å². The van der Waals surface area contributed by atoms with E-state index in [-0.39, 0.29) is 11.9 Å². The second-order valence-corrected chi connectivity index (χ2v) is 4.83. The van der Waals surface area contributed by atoms with Crippen LogP contribution >= 0.6 is 0 Å². The lowest BCUT2D eigenvalue weighted by Gasteiger charge is -2.22. The highest BCUT2D eigenvalue weighted by Gasteiger charge is 2.25. The summed E-state index contributed by atoms with van der Waals surface area (Å²) in [5, 5.41) is 8.95. The Balaban J connectivity index is 0.00000106. The molecule has 5 heteroatoms. The van der Waals surface area contributed by atoms with Crippen LogP contribution in [-0.2, 0) is 4.79 Å². The van der Waals surface area contributed by atoms with Crippen molar-refractivity contribution in [3.8, 4) is 6.07 Å². The van der Waals surface area contributed by atoms with E-state index in [1.807, 2.05) is 44.7 Å². The Morgan fingerprint density at radius 2 is 2.05 bits per heavy atom. The first-order chi connectivity index (χ1) is 10.1. The SMILES string of the molecule is CC.Cc1ccc(N2CCCN(C(C)C#N)CC2=O)cn1. The second-order valence-electron chi connectivity index (χ2n) is 4.83. The van der Waals surface area contributed by atoms with Crippen LogP contribution in [0.25, 0.3) is 0 Å². The average Bonchev–Trinajstić information content (AvgIpc) is 2.71. The maximum Gasteiger partial charge on any atom is 0.241 e. The van der Waals surface area contributed by atoms with Gasteiger partial charge in [0, 0.05) is 18.8 Å². The Labute approximate surface area is 127 Å². The molecular weight excluding hydrogens is 264 g/mol. The van der Waals surface area contributed by atoms with Crippen molar-refractivity contribution in [3.63, 3.8) is 0 Å². The molecule has 0 bridgehead atoms. The standard InChI is InChI=1S/C14H18N4O.C2H6/c1-11-4-5-13(9-16-11)18-7-3-6-17(10-14(18)19)12(2)8-15;1-2/h4-5,9,12H,3,6-7,10H2,1-2H3;1-2H3. The monoisotopic (exact) mass is 288 g/mol. The van der Waals surface area contributed by atoms with Gasteiger partial charge in [-0.2, -0.15) is 5.26 Å². The number of aromatic nitrogens is 1. The Bertz CT molecular complexity index is 492. The van der Waals surface area contributed by atoms with Gasteiger partial charge in [-0.05, 0) is 32.4 Å². The molecule has 1 unspecified atom stereocenters. The molecule has 2 heterocycles.